The Morgan fingerprint density at radius 2 is 1.80 bits per heavy atom. The Hall–Kier alpha value is 0.275. The van der Waals surface area contributed by atoms with Crippen molar-refractivity contribution in [3.63, 3.8) is 0 Å². The van der Waals surface area contributed by atoms with Crippen LogP contribution in [-0.4, -0.2) is 23.0 Å². The van der Waals surface area contributed by atoms with E-state index in [4.69, 9.17) is 21.6 Å². The number of alkyl halides is 1. The third-order valence-corrected chi connectivity index (χ3v) is 3.58. The first-order chi connectivity index (χ1) is 4.63. The summed E-state index contributed by atoms with van der Waals surface area (Å²) in [6, 6.07) is 0. The molecule has 4 heteroatoms. The molecule has 0 spiro atoms. The second kappa shape index (κ2) is 1.71. The molecule has 0 aromatic rings. The molecule has 10 heavy (non-hydrogen) atoms. The predicted molar refractivity (Wildman–Crippen MR) is 39.9 cm³/mol. The molecule has 0 aliphatic heterocycles. The Kier molecular flexibility index (Phi) is 1.19. The minimum absolute atomic E-state index is 0.144. The molecule has 0 atom stereocenters. The molecule has 3 rings (SSSR count). The van der Waals surface area contributed by atoms with Crippen molar-refractivity contribution in [3.05, 3.63) is 0 Å². The number of hydrogen-bond acceptors (Lipinski definition) is 2. The molecular weight excluding hydrogens is 150 g/mol. The molecule has 0 radical (unpaired) electrons. The van der Waals surface area contributed by atoms with Crippen LogP contribution in [0, 0.1) is 5.41 Å². The van der Waals surface area contributed by atoms with E-state index in [1.165, 1.54) is 0 Å². The molecule has 3 fully saturated rings. The van der Waals surface area contributed by atoms with Crippen LogP contribution in [0.15, 0.2) is 0 Å². The summed E-state index contributed by atoms with van der Waals surface area (Å²) in [7, 11) is -1.11. The lowest BCUT2D eigenvalue weighted by Gasteiger charge is -2.70. The van der Waals surface area contributed by atoms with Gasteiger partial charge in [0.1, 0.15) is 0 Å². The highest BCUT2D eigenvalue weighted by atomic mass is 35.5. The van der Waals surface area contributed by atoms with Crippen LogP contribution in [0.1, 0.15) is 19.3 Å². The lowest BCUT2D eigenvalue weighted by atomic mass is 9.25. The van der Waals surface area contributed by atoms with Crippen LogP contribution in [0.4, 0.5) is 0 Å². The van der Waals surface area contributed by atoms with Crippen LogP contribution in [0.25, 0.3) is 0 Å². The smallest absolute Gasteiger partial charge is 0.427 e. The van der Waals surface area contributed by atoms with Gasteiger partial charge in [-0.3, -0.25) is 0 Å². The monoisotopic (exact) mass is 160 g/mol. The lowest BCUT2D eigenvalue weighted by molar-refractivity contribution is -0.0877. The Morgan fingerprint density at radius 1 is 1.30 bits per heavy atom. The van der Waals surface area contributed by atoms with E-state index < -0.39 is 7.12 Å². The summed E-state index contributed by atoms with van der Waals surface area (Å²) in [6.07, 6.45) is 2.75. The van der Waals surface area contributed by atoms with Gasteiger partial charge in [0.25, 0.3) is 0 Å². The van der Waals surface area contributed by atoms with Crippen molar-refractivity contribution < 1.29 is 10.0 Å². The zero-order valence-electron chi connectivity index (χ0n) is 5.68. The van der Waals surface area contributed by atoms with Crippen LogP contribution in [0.5, 0.6) is 0 Å². The van der Waals surface area contributed by atoms with Gasteiger partial charge in [-0.2, -0.15) is 0 Å². The van der Waals surface area contributed by atoms with Gasteiger partial charge in [0.2, 0.25) is 0 Å². The minimum atomic E-state index is -1.11. The molecule has 3 saturated carbocycles. The normalized spacial score (nSPS) is 49.5. The van der Waals surface area contributed by atoms with Crippen molar-refractivity contribution in [1.82, 2.24) is 0 Å². The van der Waals surface area contributed by atoms with Crippen molar-refractivity contribution in [2.75, 3.05) is 5.88 Å². The first-order valence-electron chi connectivity index (χ1n) is 3.55. The maximum absolute atomic E-state index is 8.89. The summed E-state index contributed by atoms with van der Waals surface area (Å²) in [6.45, 7) is 0. The zero-order chi connectivity index (χ0) is 7.41. The molecule has 0 aromatic heterocycles. The summed E-state index contributed by atoms with van der Waals surface area (Å²) in [4.78, 5) is 0. The highest BCUT2D eigenvalue weighted by molar-refractivity contribution is 6.47. The summed E-state index contributed by atoms with van der Waals surface area (Å²) in [5.74, 6) is 0.682. The highest BCUT2D eigenvalue weighted by Gasteiger charge is 2.71. The summed E-state index contributed by atoms with van der Waals surface area (Å²) >= 11 is 5.69. The maximum atomic E-state index is 8.89. The Labute approximate surface area is 65.3 Å². The van der Waals surface area contributed by atoms with Gasteiger partial charge in [-0.15, -0.1) is 11.6 Å². The Morgan fingerprint density at radius 3 is 2.10 bits per heavy atom. The van der Waals surface area contributed by atoms with Crippen molar-refractivity contribution in [3.8, 4) is 0 Å². The van der Waals surface area contributed by atoms with E-state index in [9.17, 15) is 0 Å². The fourth-order valence-corrected chi connectivity index (χ4v) is 2.78. The van der Waals surface area contributed by atoms with Gasteiger partial charge in [-0.1, -0.05) is 0 Å². The van der Waals surface area contributed by atoms with E-state index in [0.717, 1.165) is 19.3 Å². The molecule has 0 amide bonds. The molecule has 3 aliphatic carbocycles. The molecular formula is C6H10BClO2. The zero-order valence-corrected chi connectivity index (χ0v) is 6.43. The standard InChI is InChI=1S/C6H10BClO2/c8-4-5-1-6(2-5,3-5)7(9)10/h9-10H,1-4H2. The van der Waals surface area contributed by atoms with Gasteiger partial charge in [0.15, 0.2) is 0 Å². The second-order valence-electron chi connectivity index (χ2n) is 3.90. The van der Waals surface area contributed by atoms with Gasteiger partial charge in [0.05, 0.1) is 0 Å². The van der Waals surface area contributed by atoms with Gasteiger partial charge >= 0.3 is 7.12 Å². The minimum Gasteiger partial charge on any atom is -0.427 e. The molecule has 0 unspecified atom stereocenters. The van der Waals surface area contributed by atoms with E-state index in [1.54, 1.807) is 0 Å². The highest BCUT2D eigenvalue weighted by Crippen LogP contribution is 2.79. The average Bonchev–Trinajstić information content (AvgIpc) is 1.57. The van der Waals surface area contributed by atoms with E-state index in [-0.39, 0.29) is 5.31 Å². The van der Waals surface area contributed by atoms with E-state index in [1.807, 2.05) is 0 Å². The summed E-state index contributed by atoms with van der Waals surface area (Å²) in [5.41, 5.74) is 0.297. The molecule has 2 nitrogen and oxygen atoms in total. The third kappa shape index (κ3) is 0.589. The van der Waals surface area contributed by atoms with Crippen molar-refractivity contribution in [1.29, 1.82) is 0 Å². The van der Waals surface area contributed by atoms with Crippen LogP contribution < -0.4 is 0 Å². The van der Waals surface area contributed by atoms with Crippen LogP contribution in [0.2, 0.25) is 5.31 Å². The number of hydrogen-bond donors (Lipinski definition) is 2. The van der Waals surface area contributed by atoms with Crippen LogP contribution >= 0.6 is 11.6 Å². The van der Waals surface area contributed by atoms with Crippen molar-refractivity contribution in [2.24, 2.45) is 5.41 Å². The van der Waals surface area contributed by atoms with Crippen LogP contribution in [0.3, 0.4) is 0 Å². The van der Waals surface area contributed by atoms with E-state index >= 15 is 0 Å². The van der Waals surface area contributed by atoms with E-state index in [2.05, 4.69) is 0 Å². The summed E-state index contributed by atoms with van der Waals surface area (Å²) in [5, 5.41) is 17.6. The SMILES string of the molecule is OB(O)C12CC(CCl)(C1)C2. The van der Waals surface area contributed by atoms with Crippen molar-refractivity contribution >= 4 is 18.7 Å². The first-order valence-corrected chi connectivity index (χ1v) is 4.08. The quantitative estimate of drug-likeness (QED) is 0.459. The molecule has 0 heterocycles. The molecule has 2 N–H and O–H groups in total. The van der Waals surface area contributed by atoms with Gasteiger partial charge in [0, 0.05) is 11.2 Å². The Balaban J connectivity index is 1.98. The number of halogens is 1. The fraction of sp³-hybridized carbons (Fsp3) is 1.00. The Bertz CT molecular complexity index is 151. The molecule has 56 valence electrons. The maximum Gasteiger partial charge on any atom is 0.458 e. The van der Waals surface area contributed by atoms with Gasteiger partial charge in [-0.05, 0) is 24.7 Å². The van der Waals surface area contributed by atoms with E-state index in [0.29, 0.717) is 11.3 Å². The average molecular weight is 160 g/mol. The van der Waals surface area contributed by atoms with Gasteiger partial charge < -0.3 is 10.0 Å². The van der Waals surface area contributed by atoms with Crippen LogP contribution in [-0.2, 0) is 0 Å². The third-order valence-electron chi connectivity index (χ3n) is 3.01. The van der Waals surface area contributed by atoms with Crippen molar-refractivity contribution in [2.45, 2.75) is 24.6 Å². The summed E-state index contributed by atoms with van der Waals surface area (Å²) < 4.78 is 0. The second-order valence-corrected chi connectivity index (χ2v) is 4.17. The largest absolute Gasteiger partial charge is 0.458 e. The van der Waals surface area contributed by atoms with Gasteiger partial charge in [-0.25, -0.2) is 0 Å². The number of rotatable bonds is 2. The molecule has 3 aliphatic rings. The topological polar surface area (TPSA) is 40.5 Å². The molecule has 0 aromatic carbocycles. The lowest BCUT2D eigenvalue weighted by Crippen LogP contribution is -2.64. The predicted octanol–water partition coefficient (Wildman–Crippen LogP) is 0.622. The molecule has 2 bridgehead atoms. The first kappa shape index (κ1) is 6.95. The fourth-order valence-electron chi connectivity index (χ4n) is 2.50. The molecule has 0 saturated heterocycles.